The van der Waals surface area contributed by atoms with Crippen LogP contribution in [-0.2, 0) is 20.9 Å². The van der Waals surface area contributed by atoms with Gasteiger partial charge in [-0.1, -0.05) is 29.3 Å². The van der Waals surface area contributed by atoms with Gasteiger partial charge in [0.2, 0.25) is 5.91 Å². The van der Waals surface area contributed by atoms with Crippen LogP contribution >= 0.6 is 39.1 Å². The van der Waals surface area contributed by atoms with Crippen molar-refractivity contribution >= 4 is 74.0 Å². The number of likely N-dealkylation sites (N-methyl/N-ethyl adjacent to an activating group) is 1. The largest absolute Gasteiger partial charge is 0.485 e. The lowest BCUT2D eigenvalue weighted by molar-refractivity contribution is -0.117. The Morgan fingerprint density at radius 1 is 1.00 bits per heavy atom. The number of aromatic nitrogens is 2. The Hall–Kier alpha value is -3.88. The zero-order valence-electron chi connectivity index (χ0n) is 27.7. The molecule has 4 rings (SSSR count). The van der Waals surface area contributed by atoms with E-state index >= 15 is 0 Å². The van der Waals surface area contributed by atoms with E-state index < -0.39 is 11.9 Å². The van der Waals surface area contributed by atoms with Gasteiger partial charge in [-0.25, -0.2) is 9.78 Å². The lowest BCUT2D eigenvalue weighted by Crippen LogP contribution is -2.40. The van der Waals surface area contributed by atoms with E-state index in [1.807, 2.05) is 37.4 Å². The number of anilines is 2. The average molecular weight is 779 g/mol. The SMILES string of the molecule is CCOCCN(CCOCC)C(=O)c1cccc(NC(=O)NCC(=O)N(C)c2ccc(Cl)c(COc3cccn4c(Br)c(C)nc34)c2Cl)c1. The highest BCUT2D eigenvalue weighted by atomic mass is 79.9. The van der Waals surface area contributed by atoms with Gasteiger partial charge in [0, 0.05) is 61.4 Å². The number of hydrogen-bond donors (Lipinski definition) is 2. The molecule has 0 saturated heterocycles. The monoisotopic (exact) mass is 776 g/mol. The first-order valence-electron chi connectivity index (χ1n) is 15.6. The summed E-state index contributed by atoms with van der Waals surface area (Å²) in [4.78, 5) is 46.7. The van der Waals surface area contributed by atoms with E-state index in [4.69, 9.17) is 37.4 Å². The molecular weight excluding hydrogens is 739 g/mol. The predicted octanol–water partition coefficient (Wildman–Crippen LogP) is 6.59. The van der Waals surface area contributed by atoms with Crippen molar-refractivity contribution < 1.29 is 28.6 Å². The topological polar surface area (TPSA) is 127 Å². The first kappa shape index (κ1) is 37.9. The number of carbonyl (C=O) groups excluding carboxylic acids is 3. The zero-order valence-corrected chi connectivity index (χ0v) is 30.8. The number of benzene rings is 2. The third-order valence-electron chi connectivity index (χ3n) is 7.46. The summed E-state index contributed by atoms with van der Waals surface area (Å²) in [6, 6.07) is 12.8. The number of imidazole rings is 1. The molecule has 0 fully saturated rings. The molecule has 0 atom stereocenters. The highest BCUT2D eigenvalue weighted by molar-refractivity contribution is 9.10. The summed E-state index contributed by atoms with van der Waals surface area (Å²) in [7, 11) is 1.55. The first-order valence-corrected chi connectivity index (χ1v) is 17.2. The third kappa shape index (κ3) is 9.86. The van der Waals surface area contributed by atoms with Gasteiger partial charge >= 0.3 is 6.03 Å². The maximum atomic E-state index is 13.3. The molecule has 4 amide bonds. The molecule has 0 radical (unpaired) electrons. The summed E-state index contributed by atoms with van der Waals surface area (Å²) in [5, 5.41) is 5.85. The normalized spacial score (nSPS) is 11.0. The quantitative estimate of drug-likeness (QED) is 0.123. The number of urea groups is 1. The molecule has 49 heavy (non-hydrogen) atoms. The second kappa shape index (κ2) is 18.2. The fraction of sp³-hybridized carbons (Fsp3) is 0.353. The van der Waals surface area contributed by atoms with Crippen molar-refractivity contribution in [2.24, 2.45) is 0 Å². The maximum absolute atomic E-state index is 13.3. The summed E-state index contributed by atoms with van der Waals surface area (Å²) < 4.78 is 19.6. The molecule has 15 heteroatoms. The van der Waals surface area contributed by atoms with Gasteiger partial charge in [-0.05, 0) is 79.2 Å². The van der Waals surface area contributed by atoms with Gasteiger partial charge in [-0.3, -0.25) is 14.0 Å². The molecule has 0 unspecified atom stereocenters. The van der Waals surface area contributed by atoms with Crippen molar-refractivity contribution in [3.05, 3.63) is 86.2 Å². The van der Waals surface area contributed by atoms with Gasteiger partial charge < -0.3 is 34.6 Å². The minimum atomic E-state index is -0.623. The molecule has 0 aliphatic heterocycles. The van der Waals surface area contributed by atoms with E-state index in [0.29, 0.717) is 78.4 Å². The van der Waals surface area contributed by atoms with Crippen LogP contribution in [0.25, 0.3) is 5.65 Å². The second-order valence-corrected chi connectivity index (χ2v) is 12.3. The number of fused-ring (bicyclic) bond motifs is 1. The van der Waals surface area contributed by atoms with Crippen LogP contribution in [0.15, 0.2) is 59.3 Å². The Balaban J connectivity index is 1.36. The Labute approximate surface area is 303 Å². The zero-order chi connectivity index (χ0) is 35.5. The molecular formula is C34H39BrCl2N6O6. The van der Waals surface area contributed by atoms with Crippen molar-refractivity contribution in [3.63, 3.8) is 0 Å². The Kier molecular flexibility index (Phi) is 14.1. The molecule has 12 nitrogen and oxygen atoms in total. The molecule has 0 saturated carbocycles. The van der Waals surface area contributed by atoms with Gasteiger partial charge in [0.05, 0.1) is 36.2 Å². The minimum absolute atomic E-state index is 0.0236. The van der Waals surface area contributed by atoms with Crippen molar-refractivity contribution in [3.8, 4) is 5.75 Å². The van der Waals surface area contributed by atoms with Crippen molar-refractivity contribution in [2.45, 2.75) is 27.4 Å². The lowest BCUT2D eigenvalue weighted by atomic mass is 10.1. The van der Waals surface area contributed by atoms with Crippen LogP contribution in [0.5, 0.6) is 5.75 Å². The van der Waals surface area contributed by atoms with Crippen LogP contribution < -0.4 is 20.3 Å². The third-order valence-corrected chi connectivity index (χ3v) is 9.19. The van der Waals surface area contributed by atoms with Crippen molar-refractivity contribution in [2.75, 3.05) is 63.3 Å². The summed E-state index contributed by atoms with van der Waals surface area (Å²) in [5.41, 5.74) is 3.09. The van der Waals surface area contributed by atoms with Crippen LogP contribution in [-0.4, -0.2) is 85.2 Å². The van der Waals surface area contributed by atoms with Gasteiger partial charge in [0.25, 0.3) is 5.91 Å². The van der Waals surface area contributed by atoms with Gasteiger partial charge in [0.15, 0.2) is 11.4 Å². The number of nitrogens with one attached hydrogen (secondary N) is 2. The highest BCUT2D eigenvalue weighted by Crippen LogP contribution is 2.35. The Morgan fingerprint density at radius 3 is 2.41 bits per heavy atom. The number of aryl methyl sites for hydroxylation is 1. The minimum Gasteiger partial charge on any atom is -0.485 e. The number of ether oxygens (including phenoxy) is 3. The smallest absolute Gasteiger partial charge is 0.319 e. The van der Waals surface area contributed by atoms with Crippen molar-refractivity contribution in [1.29, 1.82) is 0 Å². The molecule has 2 aromatic heterocycles. The van der Waals surface area contributed by atoms with Crippen molar-refractivity contribution in [1.82, 2.24) is 19.6 Å². The van der Waals surface area contributed by atoms with E-state index in [2.05, 4.69) is 31.5 Å². The van der Waals surface area contributed by atoms with E-state index in [1.54, 1.807) is 54.4 Å². The average Bonchev–Trinajstić information content (AvgIpc) is 3.39. The van der Waals surface area contributed by atoms with Crippen LogP contribution in [0.2, 0.25) is 10.0 Å². The summed E-state index contributed by atoms with van der Waals surface area (Å²) >= 11 is 16.8. The number of pyridine rings is 1. The van der Waals surface area contributed by atoms with E-state index in [0.717, 1.165) is 10.3 Å². The van der Waals surface area contributed by atoms with Crippen LogP contribution in [0.1, 0.15) is 35.5 Å². The van der Waals surface area contributed by atoms with Crippen LogP contribution in [0, 0.1) is 6.92 Å². The lowest BCUT2D eigenvalue weighted by Gasteiger charge is -2.23. The predicted molar refractivity (Wildman–Crippen MR) is 194 cm³/mol. The Bertz CT molecular complexity index is 1780. The molecule has 0 aliphatic rings. The Morgan fingerprint density at radius 2 is 1.71 bits per heavy atom. The number of rotatable bonds is 16. The van der Waals surface area contributed by atoms with Crippen LogP contribution in [0.4, 0.5) is 16.2 Å². The fourth-order valence-corrected chi connectivity index (χ4v) is 5.80. The molecule has 0 bridgehead atoms. The van der Waals surface area contributed by atoms with E-state index in [-0.39, 0.29) is 24.1 Å². The molecule has 0 aliphatic carbocycles. The van der Waals surface area contributed by atoms with Gasteiger partial charge in [-0.15, -0.1) is 0 Å². The molecule has 2 heterocycles. The van der Waals surface area contributed by atoms with E-state index in [1.165, 1.54) is 4.90 Å². The summed E-state index contributed by atoms with van der Waals surface area (Å²) in [6.45, 7) is 8.06. The maximum Gasteiger partial charge on any atom is 0.319 e. The fourth-order valence-electron chi connectivity index (χ4n) is 4.82. The first-order chi connectivity index (χ1) is 23.5. The highest BCUT2D eigenvalue weighted by Gasteiger charge is 2.21. The molecule has 262 valence electrons. The second-order valence-electron chi connectivity index (χ2n) is 10.7. The number of nitrogens with zero attached hydrogens (tertiary/aromatic N) is 4. The summed E-state index contributed by atoms with van der Waals surface area (Å²) in [6.07, 6.45) is 1.87. The molecule has 4 aromatic rings. The number of halogens is 3. The molecule has 0 spiro atoms. The van der Waals surface area contributed by atoms with Crippen LogP contribution in [0.3, 0.4) is 0 Å². The number of hydrogen-bond acceptors (Lipinski definition) is 7. The number of carbonyl (C=O) groups is 3. The number of amides is 4. The molecule has 2 aromatic carbocycles. The van der Waals surface area contributed by atoms with E-state index in [9.17, 15) is 14.4 Å². The summed E-state index contributed by atoms with van der Waals surface area (Å²) in [5.74, 6) is -0.118. The standard InChI is InChI=1S/C34H39BrCl2N6O6/c1-5-47-17-15-42(16-18-48-6-2)33(45)23-9-7-10-24(19-23)40-34(46)38-20-29(44)41(4)27-13-12-26(36)25(30(27)37)21-49-28-11-8-14-43-31(35)22(3)39-32(28)43/h7-14,19H,5-6,15-18,20-21H2,1-4H3,(H2,38,40,46). The molecule has 2 N–H and O–H groups in total. The van der Waals surface area contributed by atoms with Gasteiger partial charge in [-0.2, -0.15) is 0 Å². The van der Waals surface area contributed by atoms with Gasteiger partial charge in [0.1, 0.15) is 11.2 Å².